The molecule has 1 atom stereocenters. The molecule has 2 amide bonds. The van der Waals surface area contributed by atoms with Gasteiger partial charge in [0.15, 0.2) is 5.13 Å². The first-order valence-electron chi connectivity index (χ1n) is 9.94. The number of nitrogens with zero attached hydrogens (tertiary/aromatic N) is 2. The fourth-order valence-electron chi connectivity index (χ4n) is 3.73. The second-order valence-corrected chi connectivity index (χ2v) is 8.49. The maximum absolute atomic E-state index is 12.9. The second-order valence-electron chi connectivity index (χ2n) is 7.29. The molecule has 0 bridgehead atoms. The molecule has 2 heterocycles. The minimum absolute atomic E-state index is 0.101. The van der Waals surface area contributed by atoms with Crippen LogP contribution in [0.25, 0.3) is 17.3 Å². The van der Waals surface area contributed by atoms with E-state index in [0.29, 0.717) is 5.13 Å². The Labute approximate surface area is 185 Å². The molecule has 0 aliphatic carbocycles. The first-order valence-corrected chi connectivity index (χ1v) is 10.8. The van der Waals surface area contributed by atoms with E-state index >= 15 is 0 Å². The molecule has 1 aromatic heterocycles. The first kappa shape index (κ1) is 20.8. The molecule has 0 radical (unpaired) electrons. The Morgan fingerprint density at radius 2 is 1.90 bits per heavy atom. The van der Waals surface area contributed by atoms with E-state index in [1.807, 2.05) is 61.5 Å². The summed E-state index contributed by atoms with van der Waals surface area (Å²) in [7, 11) is 1.63. The van der Waals surface area contributed by atoms with Crippen LogP contribution in [0.3, 0.4) is 0 Å². The zero-order chi connectivity index (χ0) is 22.0. The number of hydrogen-bond acceptors (Lipinski definition) is 5. The second kappa shape index (κ2) is 8.73. The van der Waals surface area contributed by atoms with Crippen molar-refractivity contribution in [2.75, 3.05) is 12.4 Å². The molecular weight excluding hydrogens is 410 g/mol. The van der Waals surface area contributed by atoms with Gasteiger partial charge in [-0.3, -0.25) is 9.59 Å². The molecule has 0 saturated heterocycles. The first-order chi connectivity index (χ1) is 15.0. The van der Waals surface area contributed by atoms with Crippen LogP contribution in [-0.2, 0) is 9.59 Å². The van der Waals surface area contributed by atoms with Crippen LogP contribution in [0, 0.1) is 6.92 Å². The van der Waals surface area contributed by atoms with Gasteiger partial charge in [0, 0.05) is 23.6 Å². The van der Waals surface area contributed by atoms with Gasteiger partial charge < -0.3 is 15.0 Å². The number of hydrogen-bond donors (Lipinski definition) is 1. The van der Waals surface area contributed by atoms with Crippen LogP contribution in [-0.4, -0.2) is 28.8 Å². The van der Waals surface area contributed by atoms with Crippen LogP contribution in [0.2, 0.25) is 0 Å². The van der Waals surface area contributed by atoms with Crippen LogP contribution in [0.15, 0.2) is 54.7 Å². The third kappa shape index (κ3) is 4.36. The van der Waals surface area contributed by atoms with Crippen LogP contribution in [0.4, 0.5) is 5.13 Å². The predicted octanol–water partition coefficient (Wildman–Crippen LogP) is 5.03. The number of benzene rings is 2. The highest BCUT2D eigenvalue weighted by atomic mass is 32.1. The van der Waals surface area contributed by atoms with Crippen LogP contribution < -0.4 is 10.1 Å². The summed E-state index contributed by atoms with van der Waals surface area (Å²) in [6.45, 7) is 3.49. The summed E-state index contributed by atoms with van der Waals surface area (Å²) < 4.78 is 5.21. The Morgan fingerprint density at radius 1 is 1.16 bits per heavy atom. The zero-order valence-corrected chi connectivity index (χ0v) is 18.4. The van der Waals surface area contributed by atoms with Crippen LogP contribution in [0.5, 0.6) is 5.75 Å². The molecule has 158 valence electrons. The van der Waals surface area contributed by atoms with Gasteiger partial charge in [-0.2, -0.15) is 0 Å². The van der Waals surface area contributed by atoms with Gasteiger partial charge in [0.1, 0.15) is 5.75 Å². The van der Waals surface area contributed by atoms with E-state index in [0.717, 1.165) is 33.0 Å². The highest BCUT2D eigenvalue weighted by Crippen LogP contribution is 2.34. The van der Waals surface area contributed by atoms with Crippen LogP contribution in [0.1, 0.15) is 35.4 Å². The van der Waals surface area contributed by atoms with E-state index in [2.05, 4.69) is 10.3 Å². The van der Waals surface area contributed by atoms with Gasteiger partial charge in [0.05, 0.1) is 25.3 Å². The lowest BCUT2D eigenvalue weighted by Crippen LogP contribution is -2.33. The fourth-order valence-corrected chi connectivity index (χ4v) is 4.58. The molecule has 1 aliphatic rings. The van der Waals surface area contributed by atoms with Crippen molar-refractivity contribution in [1.29, 1.82) is 0 Å². The molecule has 0 spiro atoms. The monoisotopic (exact) mass is 433 g/mol. The number of nitrogens with one attached hydrogen (secondary N) is 1. The van der Waals surface area contributed by atoms with Gasteiger partial charge in [0.2, 0.25) is 11.8 Å². The van der Waals surface area contributed by atoms with Crippen molar-refractivity contribution in [1.82, 2.24) is 9.88 Å². The van der Waals surface area contributed by atoms with Gasteiger partial charge in [-0.1, -0.05) is 24.3 Å². The molecule has 1 aliphatic heterocycles. The number of amides is 2. The number of thiazole rings is 1. The number of carbonyl (C=O) groups excluding carboxylic acids is 2. The third-order valence-corrected chi connectivity index (χ3v) is 6.14. The quantitative estimate of drug-likeness (QED) is 0.613. The highest BCUT2D eigenvalue weighted by Gasteiger charge is 2.28. The van der Waals surface area contributed by atoms with Crippen molar-refractivity contribution in [3.8, 4) is 17.0 Å². The van der Waals surface area contributed by atoms with Crippen molar-refractivity contribution < 1.29 is 14.3 Å². The minimum Gasteiger partial charge on any atom is -0.497 e. The maximum Gasteiger partial charge on any atom is 0.228 e. The Morgan fingerprint density at radius 3 is 2.61 bits per heavy atom. The predicted molar refractivity (Wildman–Crippen MR) is 123 cm³/mol. The average molecular weight is 434 g/mol. The minimum atomic E-state index is -0.346. The summed E-state index contributed by atoms with van der Waals surface area (Å²) in [6.07, 6.45) is 3.80. The smallest absolute Gasteiger partial charge is 0.228 e. The van der Waals surface area contributed by atoms with Crippen LogP contribution >= 0.6 is 11.3 Å². The van der Waals surface area contributed by atoms with E-state index in [1.54, 1.807) is 18.2 Å². The summed E-state index contributed by atoms with van der Waals surface area (Å²) in [5, 5.41) is 3.46. The number of aryl methyl sites for hydroxylation is 1. The third-order valence-electron chi connectivity index (χ3n) is 5.25. The molecule has 0 saturated carbocycles. The molecule has 4 rings (SSSR count). The Kier molecular flexibility index (Phi) is 5.86. The number of fused-ring (bicyclic) bond motifs is 1. The molecule has 6 nitrogen and oxygen atoms in total. The zero-order valence-electron chi connectivity index (χ0n) is 17.6. The van der Waals surface area contributed by atoms with Crippen molar-refractivity contribution in [2.45, 2.75) is 26.3 Å². The molecule has 31 heavy (non-hydrogen) atoms. The van der Waals surface area contributed by atoms with Crippen molar-refractivity contribution in [2.24, 2.45) is 0 Å². The highest BCUT2D eigenvalue weighted by molar-refractivity contribution is 7.16. The number of carbonyl (C=O) groups is 2. The number of ether oxygens (including phenoxy) is 1. The van der Waals surface area contributed by atoms with Crippen molar-refractivity contribution in [3.63, 3.8) is 0 Å². The molecule has 3 aromatic rings. The van der Waals surface area contributed by atoms with E-state index in [9.17, 15) is 9.59 Å². The maximum atomic E-state index is 12.9. The van der Waals surface area contributed by atoms with E-state index in [1.165, 1.54) is 18.3 Å². The van der Waals surface area contributed by atoms with Gasteiger partial charge in [0.25, 0.3) is 0 Å². The lowest BCUT2D eigenvalue weighted by Gasteiger charge is -2.32. The van der Waals surface area contributed by atoms with Gasteiger partial charge >= 0.3 is 0 Å². The SMILES string of the molecule is COc1ccc(-c2nc(NC(=O)CC3c4ccccc4C=CN3C(C)=O)sc2C)cc1. The summed E-state index contributed by atoms with van der Waals surface area (Å²) in [4.78, 5) is 32.2. The summed E-state index contributed by atoms with van der Waals surface area (Å²) in [5.41, 5.74) is 3.78. The molecule has 1 N–H and O–H groups in total. The molecular formula is C24H23N3O3S. The normalized spacial score (nSPS) is 14.8. The van der Waals surface area contributed by atoms with Crippen molar-refractivity contribution >= 4 is 34.4 Å². The number of methoxy groups -OCH3 is 1. The van der Waals surface area contributed by atoms with E-state index in [4.69, 9.17) is 4.74 Å². The lowest BCUT2D eigenvalue weighted by molar-refractivity contribution is -0.129. The van der Waals surface area contributed by atoms with Crippen molar-refractivity contribution in [3.05, 3.63) is 70.7 Å². The molecule has 0 fully saturated rings. The standard InChI is InChI=1S/C24H23N3O3S/c1-15-23(18-8-10-19(30-3)11-9-18)26-24(31-15)25-22(29)14-21-20-7-5-4-6-17(20)12-13-27(21)16(2)28/h4-13,21H,14H2,1-3H3,(H,25,26,29). The number of aromatic nitrogens is 1. The summed E-state index contributed by atoms with van der Waals surface area (Å²) >= 11 is 1.43. The topological polar surface area (TPSA) is 71.5 Å². The molecule has 1 unspecified atom stereocenters. The van der Waals surface area contributed by atoms with Gasteiger partial charge in [-0.25, -0.2) is 4.98 Å². The Bertz CT molecular complexity index is 1150. The lowest BCUT2D eigenvalue weighted by atomic mass is 9.93. The summed E-state index contributed by atoms with van der Waals surface area (Å²) in [5.74, 6) is 0.494. The Balaban J connectivity index is 1.52. The number of rotatable bonds is 5. The van der Waals surface area contributed by atoms with Gasteiger partial charge in [-0.15, -0.1) is 11.3 Å². The van der Waals surface area contributed by atoms with Gasteiger partial charge in [-0.05, 0) is 48.4 Å². The Hall–Kier alpha value is -3.45. The molecule has 7 heteroatoms. The summed E-state index contributed by atoms with van der Waals surface area (Å²) in [6, 6.07) is 15.1. The molecule has 2 aromatic carbocycles. The average Bonchev–Trinajstić information content (AvgIpc) is 3.13. The fraction of sp³-hybridized carbons (Fsp3) is 0.208. The number of anilines is 1. The van der Waals surface area contributed by atoms with E-state index < -0.39 is 0 Å². The largest absolute Gasteiger partial charge is 0.497 e. The van der Waals surface area contributed by atoms with E-state index in [-0.39, 0.29) is 24.3 Å².